The van der Waals surface area contributed by atoms with E-state index in [0.29, 0.717) is 5.82 Å². The molecule has 1 aromatic heterocycles. The zero-order chi connectivity index (χ0) is 13.0. The van der Waals surface area contributed by atoms with Crippen molar-refractivity contribution in [2.45, 2.75) is 0 Å². The third kappa shape index (κ3) is 2.50. The van der Waals surface area contributed by atoms with Gasteiger partial charge in [-0.3, -0.25) is 0 Å². The first kappa shape index (κ1) is 12.1. The van der Waals surface area contributed by atoms with E-state index in [1.165, 1.54) is 17.4 Å². The Morgan fingerprint density at radius 1 is 1.39 bits per heavy atom. The molecule has 0 spiro atoms. The van der Waals surface area contributed by atoms with Crippen LogP contribution in [0, 0.1) is 11.3 Å². The number of anilines is 3. The van der Waals surface area contributed by atoms with Crippen LogP contribution < -0.4 is 10.6 Å². The number of thiazole rings is 1. The molecule has 2 N–H and O–H groups in total. The maximum absolute atomic E-state index is 8.51. The van der Waals surface area contributed by atoms with Gasteiger partial charge in [0.1, 0.15) is 5.82 Å². The largest absolute Gasteiger partial charge is 0.382 e. The van der Waals surface area contributed by atoms with Crippen molar-refractivity contribution in [2.75, 3.05) is 17.7 Å². The second-order valence-electron chi connectivity index (χ2n) is 3.60. The van der Waals surface area contributed by atoms with Gasteiger partial charge in [0.25, 0.3) is 0 Å². The van der Waals surface area contributed by atoms with Crippen LogP contribution in [0.2, 0.25) is 0 Å². The highest BCUT2D eigenvalue weighted by Gasteiger charge is 2.11. The molecule has 2 rings (SSSR count). The maximum atomic E-state index is 8.51. The zero-order valence-electron chi connectivity index (χ0n) is 9.87. The average Bonchev–Trinajstić information content (AvgIpc) is 2.78. The van der Waals surface area contributed by atoms with Crippen molar-refractivity contribution in [3.63, 3.8) is 0 Å². The standard InChI is InChI=1S/C13H12N4S/c1-17(10-6-3-2-4-7-10)13-16-12(15)11(18-13)8-5-9-14/h2-8H,15H2,1H3/b8-5+. The summed E-state index contributed by atoms with van der Waals surface area (Å²) in [6, 6.07) is 11.9. The number of para-hydroxylation sites is 1. The molecule has 5 heteroatoms. The van der Waals surface area contributed by atoms with Crippen LogP contribution in [0.15, 0.2) is 36.4 Å². The lowest BCUT2D eigenvalue weighted by atomic mass is 10.3. The predicted molar refractivity (Wildman–Crippen MR) is 75.7 cm³/mol. The topological polar surface area (TPSA) is 65.9 Å². The minimum atomic E-state index is 0.448. The van der Waals surface area contributed by atoms with Crippen molar-refractivity contribution in [2.24, 2.45) is 0 Å². The Morgan fingerprint density at radius 3 is 2.78 bits per heavy atom. The summed E-state index contributed by atoms with van der Waals surface area (Å²) in [5.41, 5.74) is 6.85. The fourth-order valence-corrected chi connectivity index (χ4v) is 2.34. The molecule has 0 radical (unpaired) electrons. The summed E-state index contributed by atoms with van der Waals surface area (Å²) < 4.78 is 0. The molecule has 0 atom stereocenters. The van der Waals surface area contributed by atoms with E-state index in [1.807, 2.05) is 48.3 Å². The molecule has 2 aromatic rings. The van der Waals surface area contributed by atoms with Crippen LogP contribution in [-0.4, -0.2) is 12.0 Å². The lowest BCUT2D eigenvalue weighted by Gasteiger charge is -2.15. The smallest absolute Gasteiger partial charge is 0.192 e. The van der Waals surface area contributed by atoms with E-state index in [1.54, 1.807) is 6.08 Å². The number of allylic oxidation sites excluding steroid dienone is 1. The summed E-state index contributed by atoms with van der Waals surface area (Å²) in [6.07, 6.45) is 3.07. The molecule has 0 bridgehead atoms. The Hall–Kier alpha value is -2.32. The Balaban J connectivity index is 2.30. The number of rotatable bonds is 3. The molecule has 0 amide bonds. The molecule has 0 aliphatic rings. The quantitative estimate of drug-likeness (QED) is 0.857. The predicted octanol–water partition coefficient (Wildman–Crippen LogP) is 3.03. The minimum Gasteiger partial charge on any atom is -0.382 e. The van der Waals surface area contributed by atoms with Gasteiger partial charge in [0.2, 0.25) is 0 Å². The van der Waals surface area contributed by atoms with Crippen LogP contribution in [0.25, 0.3) is 6.08 Å². The Morgan fingerprint density at radius 2 is 2.11 bits per heavy atom. The van der Waals surface area contributed by atoms with E-state index in [2.05, 4.69) is 4.98 Å². The SMILES string of the molecule is CN(c1ccccc1)c1nc(N)c(/C=C/C#N)s1. The number of nitrogen functional groups attached to an aromatic ring is 1. The number of benzene rings is 1. The second-order valence-corrected chi connectivity index (χ2v) is 4.61. The molecular weight excluding hydrogens is 244 g/mol. The molecule has 4 nitrogen and oxygen atoms in total. The average molecular weight is 256 g/mol. The number of nitriles is 1. The number of hydrogen-bond donors (Lipinski definition) is 1. The molecule has 1 aromatic carbocycles. The normalized spacial score (nSPS) is 10.4. The van der Waals surface area contributed by atoms with E-state index in [4.69, 9.17) is 11.0 Å². The zero-order valence-corrected chi connectivity index (χ0v) is 10.7. The highest BCUT2D eigenvalue weighted by atomic mass is 32.1. The maximum Gasteiger partial charge on any atom is 0.192 e. The molecule has 0 unspecified atom stereocenters. The summed E-state index contributed by atoms with van der Waals surface area (Å²) in [5.74, 6) is 0.448. The summed E-state index contributed by atoms with van der Waals surface area (Å²) in [5, 5.41) is 9.31. The van der Waals surface area contributed by atoms with E-state index in [9.17, 15) is 0 Å². The van der Waals surface area contributed by atoms with Crippen LogP contribution in [-0.2, 0) is 0 Å². The fraction of sp³-hybridized carbons (Fsp3) is 0.0769. The van der Waals surface area contributed by atoms with E-state index < -0.39 is 0 Å². The monoisotopic (exact) mass is 256 g/mol. The van der Waals surface area contributed by atoms with Crippen LogP contribution in [0.5, 0.6) is 0 Å². The molecule has 0 aliphatic heterocycles. The lowest BCUT2D eigenvalue weighted by Crippen LogP contribution is -2.08. The number of hydrogen-bond acceptors (Lipinski definition) is 5. The summed E-state index contributed by atoms with van der Waals surface area (Å²) in [4.78, 5) is 7.06. The molecule has 90 valence electrons. The molecule has 0 fully saturated rings. The van der Waals surface area contributed by atoms with Gasteiger partial charge in [0.05, 0.1) is 10.9 Å². The minimum absolute atomic E-state index is 0.448. The third-order valence-electron chi connectivity index (χ3n) is 2.41. The molecule has 0 aliphatic carbocycles. The fourth-order valence-electron chi connectivity index (χ4n) is 1.47. The number of nitrogens with two attached hydrogens (primary N) is 1. The number of aromatic nitrogens is 1. The third-order valence-corrected chi connectivity index (χ3v) is 3.52. The lowest BCUT2D eigenvalue weighted by molar-refractivity contribution is 1.17. The van der Waals surface area contributed by atoms with Crippen molar-refractivity contribution < 1.29 is 0 Å². The highest BCUT2D eigenvalue weighted by Crippen LogP contribution is 2.32. The van der Waals surface area contributed by atoms with Gasteiger partial charge in [-0.2, -0.15) is 5.26 Å². The van der Waals surface area contributed by atoms with Gasteiger partial charge in [-0.15, -0.1) is 0 Å². The Kier molecular flexibility index (Phi) is 3.60. The van der Waals surface area contributed by atoms with Crippen LogP contribution in [0.1, 0.15) is 4.88 Å². The molecule has 0 saturated heterocycles. The Labute approximate surface area is 110 Å². The molecule has 1 heterocycles. The van der Waals surface area contributed by atoms with Crippen molar-refractivity contribution >= 4 is 34.0 Å². The van der Waals surface area contributed by atoms with Crippen LogP contribution in [0.3, 0.4) is 0 Å². The molecule has 18 heavy (non-hydrogen) atoms. The van der Waals surface area contributed by atoms with Gasteiger partial charge in [-0.05, 0) is 18.2 Å². The van der Waals surface area contributed by atoms with Gasteiger partial charge in [-0.25, -0.2) is 4.98 Å². The van der Waals surface area contributed by atoms with E-state index in [-0.39, 0.29) is 0 Å². The first-order valence-corrected chi connectivity index (χ1v) is 6.15. The first-order valence-electron chi connectivity index (χ1n) is 5.33. The second kappa shape index (κ2) is 5.34. The number of nitrogens with zero attached hydrogens (tertiary/aromatic N) is 3. The van der Waals surface area contributed by atoms with Gasteiger partial charge >= 0.3 is 0 Å². The van der Waals surface area contributed by atoms with Crippen molar-refractivity contribution in [1.29, 1.82) is 5.26 Å². The summed E-state index contributed by atoms with van der Waals surface area (Å²) in [6.45, 7) is 0. The van der Waals surface area contributed by atoms with Crippen molar-refractivity contribution in [3.05, 3.63) is 41.3 Å². The van der Waals surface area contributed by atoms with Crippen LogP contribution >= 0.6 is 11.3 Å². The van der Waals surface area contributed by atoms with Crippen LogP contribution in [0.4, 0.5) is 16.6 Å². The van der Waals surface area contributed by atoms with Crippen molar-refractivity contribution in [3.8, 4) is 6.07 Å². The molecular formula is C13H12N4S. The summed E-state index contributed by atoms with van der Waals surface area (Å²) >= 11 is 1.45. The molecule has 0 saturated carbocycles. The van der Waals surface area contributed by atoms with Gasteiger partial charge in [0.15, 0.2) is 5.13 Å². The summed E-state index contributed by atoms with van der Waals surface area (Å²) in [7, 11) is 1.94. The Bertz CT molecular complexity index is 595. The van der Waals surface area contributed by atoms with Gasteiger partial charge in [0, 0.05) is 18.8 Å². The van der Waals surface area contributed by atoms with Gasteiger partial charge < -0.3 is 10.6 Å². The highest BCUT2D eigenvalue weighted by molar-refractivity contribution is 7.17. The van der Waals surface area contributed by atoms with Crippen molar-refractivity contribution in [1.82, 2.24) is 4.98 Å². The van der Waals surface area contributed by atoms with E-state index >= 15 is 0 Å². The first-order chi connectivity index (χ1) is 8.72. The van der Waals surface area contributed by atoms with Gasteiger partial charge in [-0.1, -0.05) is 29.5 Å². The van der Waals surface area contributed by atoms with E-state index in [0.717, 1.165) is 15.7 Å².